The lowest BCUT2D eigenvalue weighted by molar-refractivity contribution is -0.110. The van der Waals surface area contributed by atoms with E-state index < -0.39 is 15.8 Å². The van der Waals surface area contributed by atoms with E-state index in [1.165, 1.54) is 36.2 Å². The molecule has 0 bridgehead atoms. The van der Waals surface area contributed by atoms with Gasteiger partial charge in [-0.3, -0.25) is 9.59 Å². The molecule has 0 spiro atoms. The maximum absolute atomic E-state index is 12.8. The Morgan fingerprint density at radius 3 is 2.24 bits per heavy atom. The summed E-state index contributed by atoms with van der Waals surface area (Å²) in [5.74, 6) is -0.845. The molecule has 1 aliphatic rings. The quantitative estimate of drug-likeness (QED) is 0.441. The number of nitrogens with two attached hydrogens (primary N) is 1. The Bertz CT molecular complexity index is 1200. The van der Waals surface area contributed by atoms with E-state index in [1.807, 2.05) is 6.07 Å². The Hall–Kier alpha value is -3.26. The minimum Gasteiger partial charge on any atom is -0.292 e. The fourth-order valence-electron chi connectivity index (χ4n) is 2.47. The number of hydrogen-bond acceptors (Lipinski definition) is 8. The number of hydrazone groups is 1. The van der Waals surface area contributed by atoms with Crippen molar-refractivity contribution in [1.82, 2.24) is 0 Å². The number of primary sulfonamides is 1. The maximum atomic E-state index is 12.8. The monoisotopic (exact) mass is 426 g/mol. The molecule has 0 amide bonds. The van der Waals surface area contributed by atoms with E-state index in [0.717, 1.165) is 11.8 Å². The van der Waals surface area contributed by atoms with Crippen molar-refractivity contribution in [3.05, 3.63) is 70.8 Å². The summed E-state index contributed by atoms with van der Waals surface area (Å²) in [5, 5.41) is 20.5. The Kier molecular flexibility index (Phi) is 5.65. The first-order chi connectivity index (χ1) is 13.7. The Balaban J connectivity index is 2.11. The largest absolute Gasteiger partial charge is 0.292 e. The number of sulfonamides is 1. The SMILES string of the molecule is CC(=O)C1=NN(c2ccc(S(N)(=O)=O)cc2)/C(=C(\C#N)C(=O)c2ccccc2)S1. The van der Waals surface area contributed by atoms with Gasteiger partial charge >= 0.3 is 0 Å². The zero-order valence-electron chi connectivity index (χ0n) is 15.1. The highest BCUT2D eigenvalue weighted by Crippen LogP contribution is 2.38. The molecule has 0 fully saturated rings. The van der Waals surface area contributed by atoms with Crippen LogP contribution in [0.15, 0.2) is 75.2 Å². The molecule has 29 heavy (non-hydrogen) atoms. The molecule has 146 valence electrons. The van der Waals surface area contributed by atoms with Gasteiger partial charge in [-0.25, -0.2) is 18.6 Å². The van der Waals surface area contributed by atoms with Crippen LogP contribution in [0.5, 0.6) is 0 Å². The van der Waals surface area contributed by atoms with E-state index in [9.17, 15) is 23.3 Å². The van der Waals surface area contributed by atoms with Gasteiger partial charge in [0, 0.05) is 12.5 Å². The zero-order chi connectivity index (χ0) is 21.2. The third-order valence-corrected chi connectivity index (χ3v) is 5.94. The van der Waals surface area contributed by atoms with Crippen LogP contribution in [0.4, 0.5) is 5.69 Å². The van der Waals surface area contributed by atoms with Gasteiger partial charge in [-0.05, 0) is 36.0 Å². The van der Waals surface area contributed by atoms with Crippen LogP contribution in [-0.4, -0.2) is 25.0 Å². The Morgan fingerprint density at radius 2 is 1.72 bits per heavy atom. The number of anilines is 1. The van der Waals surface area contributed by atoms with Gasteiger partial charge in [-0.2, -0.15) is 10.4 Å². The number of nitriles is 1. The fourth-order valence-corrected chi connectivity index (χ4v) is 3.91. The van der Waals surface area contributed by atoms with Gasteiger partial charge in [0.15, 0.2) is 10.8 Å². The molecule has 8 nitrogen and oxygen atoms in total. The Labute approximate surface area is 171 Å². The summed E-state index contributed by atoms with van der Waals surface area (Å²) in [5.41, 5.74) is 0.499. The third-order valence-electron chi connectivity index (χ3n) is 3.88. The lowest BCUT2D eigenvalue weighted by atomic mass is 10.1. The smallest absolute Gasteiger partial charge is 0.238 e. The number of allylic oxidation sites excluding steroid dienone is 1. The molecule has 0 saturated carbocycles. The number of ketones is 2. The molecule has 2 aromatic rings. The van der Waals surface area contributed by atoms with Gasteiger partial charge in [0.05, 0.1) is 10.6 Å². The zero-order valence-corrected chi connectivity index (χ0v) is 16.7. The first-order valence-electron chi connectivity index (χ1n) is 8.17. The lowest BCUT2D eigenvalue weighted by Gasteiger charge is -2.17. The van der Waals surface area contributed by atoms with Crippen molar-refractivity contribution in [2.45, 2.75) is 11.8 Å². The number of Topliss-reactive ketones (excluding diaryl/α,β-unsaturated/α-hetero) is 2. The number of rotatable bonds is 5. The van der Waals surface area contributed by atoms with Gasteiger partial charge < -0.3 is 0 Å². The average Bonchev–Trinajstić information content (AvgIpc) is 3.14. The van der Waals surface area contributed by atoms with Gasteiger partial charge in [-0.15, -0.1) is 0 Å². The molecule has 0 saturated heterocycles. The van der Waals surface area contributed by atoms with Crippen LogP contribution in [0, 0.1) is 11.3 Å². The molecule has 0 unspecified atom stereocenters. The van der Waals surface area contributed by atoms with Crippen molar-refractivity contribution in [3.63, 3.8) is 0 Å². The van der Waals surface area contributed by atoms with Crippen molar-refractivity contribution in [2.75, 3.05) is 5.01 Å². The number of carbonyl (C=O) groups excluding carboxylic acids is 2. The van der Waals surface area contributed by atoms with Crippen molar-refractivity contribution in [1.29, 1.82) is 5.26 Å². The van der Waals surface area contributed by atoms with E-state index in [0.29, 0.717) is 11.3 Å². The fraction of sp³-hybridized carbons (Fsp3) is 0.0526. The van der Waals surface area contributed by atoms with E-state index in [1.54, 1.807) is 30.3 Å². The summed E-state index contributed by atoms with van der Waals surface area (Å²) in [6.07, 6.45) is 0. The summed E-state index contributed by atoms with van der Waals surface area (Å²) < 4.78 is 22.9. The molecule has 2 N–H and O–H groups in total. The minimum absolute atomic E-state index is 0.101. The summed E-state index contributed by atoms with van der Waals surface area (Å²) in [6.45, 7) is 1.32. The minimum atomic E-state index is -3.88. The number of hydrogen-bond donors (Lipinski definition) is 1. The molecule has 10 heteroatoms. The summed E-state index contributed by atoms with van der Waals surface area (Å²) in [7, 11) is -3.88. The molecule has 0 aromatic heterocycles. The number of nitrogens with zero attached hydrogens (tertiary/aromatic N) is 3. The van der Waals surface area contributed by atoms with Crippen LogP contribution in [0.2, 0.25) is 0 Å². The van der Waals surface area contributed by atoms with Crippen LogP contribution in [0.1, 0.15) is 17.3 Å². The number of thioether (sulfide) groups is 1. The molecular weight excluding hydrogens is 412 g/mol. The predicted molar refractivity (Wildman–Crippen MR) is 109 cm³/mol. The van der Waals surface area contributed by atoms with Crippen LogP contribution < -0.4 is 10.1 Å². The van der Waals surface area contributed by atoms with E-state index in [4.69, 9.17) is 5.14 Å². The molecule has 2 aromatic carbocycles. The molecule has 0 radical (unpaired) electrons. The number of carbonyl (C=O) groups is 2. The summed E-state index contributed by atoms with van der Waals surface area (Å²) in [4.78, 5) is 24.6. The van der Waals surface area contributed by atoms with Crippen LogP contribution in [0.25, 0.3) is 0 Å². The third kappa shape index (κ3) is 4.27. The number of benzene rings is 2. The van der Waals surface area contributed by atoms with E-state index in [2.05, 4.69) is 5.10 Å². The van der Waals surface area contributed by atoms with Crippen LogP contribution in [0.3, 0.4) is 0 Å². The molecule has 1 aliphatic heterocycles. The molecule has 0 aliphatic carbocycles. The van der Waals surface area contributed by atoms with Gasteiger partial charge in [0.25, 0.3) is 0 Å². The first kappa shape index (κ1) is 20.5. The van der Waals surface area contributed by atoms with Crippen molar-refractivity contribution < 1.29 is 18.0 Å². The standard InChI is InChI=1S/C19H14N4O4S2/c1-12(24)18-22-23(14-7-9-15(10-8-14)29(21,26)27)19(28-18)16(11-20)17(25)13-5-3-2-4-6-13/h2-10H,1H3,(H2,21,26,27)/b19-16-. The van der Waals surface area contributed by atoms with Gasteiger partial charge in [0.2, 0.25) is 15.8 Å². The van der Waals surface area contributed by atoms with Crippen molar-refractivity contribution in [2.24, 2.45) is 10.2 Å². The highest BCUT2D eigenvalue weighted by Gasteiger charge is 2.31. The second-order valence-electron chi connectivity index (χ2n) is 5.90. The van der Waals surface area contributed by atoms with Crippen molar-refractivity contribution >= 4 is 44.1 Å². The highest BCUT2D eigenvalue weighted by atomic mass is 32.2. The summed E-state index contributed by atoms with van der Waals surface area (Å²) in [6, 6.07) is 15.6. The first-order valence-corrected chi connectivity index (χ1v) is 10.5. The molecular formula is C19H14N4O4S2. The second-order valence-corrected chi connectivity index (χ2v) is 8.44. The molecule has 1 heterocycles. The van der Waals surface area contributed by atoms with E-state index >= 15 is 0 Å². The predicted octanol–water partition coefficient (Wildman–Crippen LogP) is 2.41. The second kappa shape index (κ2) is 8.00. The van der Waals surface area contributed by atoms with Gasteiger partial charge in [0.1, 0.15) is 16.7 Å². The van der Waals surface area contributed by atoms with Gasteiger partial charge in [-0.1, -0.05) is 30.3 Å². The normalized spacial score (nSPS) is 15.5. The summed E-state index contributed by atoms with van der Waals surface area (Å²) >= 11 is 0.907. The lowest BCUT2D eigenvalue weighted by Crippen LogP contribution is -2.16. The molecule has 0 atom stereocenters. The van der Waals surface area contributed by atoms with E-state index in [-0.39, 0.29) is 26.3 Å². The van der Waals surface area contributed by atoms with Crippen LogP contribution >= 0.6 is 11.8 Å². The average molecular weight is 426 g/mol. The molecule has 3 rings (SSSR count). The van der Waals surface area contributed by atoms with Crippen molar-refractivity contribution in [3.8, 4) is 6.07 Å². The topological polar surface area (TPSA) is 134 Å². The highest BCUT2D eigenvalue weighted by molar-refractivity contribution is 8.19. The van der Waals surface area contributed by atoms with Crippen LogP contribution in [-0.2, 0) is 14.8 Å². The Morgan fingerprint density at radius 1 is 1.10 bits per heavy atom. The maximum Gasteiger partial charge on any atom is 0.238 e.